The monoisotopic (exact) mass is 345 g/mol. The van der Waals surface area contributed by atoms with Crippen molar-refractivity contribution in [2.24, 2.45) is 5.92 Å². The molecule has 96 valence electrons. The Labute approximate surface area is 120 Å². The Morgan fingerprint density at radius 3 is 2.12 bits per heavy atom. The Hall–Kier alpha value is -0.0900. The predicted molar refractivity (Wildman–Crippen MR) is 84.3 cm³/mol. The van der Waals surface area contributed by atoms with Crippen molar-refractivity contribution in [3.05, 3.63) is 33.4 Å². The van der Waals surface area contributed by atoms with Gasteiger partial charge in [-0.3, -0.25) is 0 Å². The lowest BCUT2D eigenvalue weighted by Gasteiger charge is -2.23. The molecule has 0 saturated heterocycles. The summed E-state index contributed by atoms with van der Waals surface area (Å²) in [5.41, 5.74) is 1.43. The van der Waals surface area contributed by atoms with E-state index in [1.807, 2.05) is 0 Å². The Morgan fingerprint density at radius 2 is 1.65 bits per heavy atom. The fourth-order valence-electron chi connectivity index (χ4n) is 2.23. The Kier molecular flexibility index (Phi) is 7.12. The first kappa shape index (κ1) is 15.0. The number of hydrogen-bond donors (Lipinski definition) is 1. The Balaban J connectivity index is 2.73. The average Bonchev–Trinajstić information content (AvgIpc) is 2.35. The third-order valence-electron chi connectivity index (χ3n) is 3.45. The first-order chi connectivity index (χ1) is 8.21. The van der Waals surface area contributed by atoms with Gasteiger partial charge in [0.15, 0.2) is 0 Å². The van der Waals surface area contributed by atoms with Gasteiger partial charge in [-0.2, -0.15) is 0 Å². The number of rotatable bonds is 7. The van der Waals surface area contributed by atoms with Gasteiger partial charge in [-0.05, 0) is 59.2 Å². The van der Waals surface area contributed by atoms with Crippen LogP contribution in [0.3, 0.4) is 0 Å². The molecule has 1 unspecified atom stereocenters. The molecule has 1 atom stereocenters. The first-order valence-corrected chi connectivity index (χ1v) is 7.77. The molecule has 1 aromatic rings. The van der Waals surface area contributed by atoms with Gasteiger partial charge in [-0.1, -0.05) is 45.7 Å². The number of hydrogen-bond acceptors (Lipinski definition) is 1. The minimum absolute atomic E-state index is 0.516. The maximum atomic E-state index is 3.62. The van der Waals surface area contributed by atoms with Crippen LogP contribution in [-0.4, -0.2) is 6.54 Å². The SMILES string of the molecule is CCNC(CC(CC)CC)c1ccc(I)cc1. The number of benzene rings is 1. The molecule has 17 heavy (non-hydrogen) atoms. The standard InChI is InChI=1S/C15H24IN/c1-4-12(5-2)11-15(17-6-3)13-7-9-14(16)10-8-13/h7-10,12,15,17H,4-6,11H2,1-3H3. The number of nitrogens with one attached hydrogen (secondary N) is 1. The zero-order chi connectivity index (χ0) is 12.7. The molecular formula is C15H24IN. The lowest BCUT2D eigenvalue weighted by atomic mass is 9.91. The molecule has 0 aromatic heterocycles. The van der Waals surface area contributed by atoms with Gasteiger partial charge < -0.3 is 5.32 Å². The molecule has 1 nitrogen and oxygen atoms in total. The second-order valence-electron chi connectivity index (χ2n) is 4.58. The fourth-order valence-corrected chi connectivity index (χ4v) is 2.59. The molecule has 0 heterocycles. The van der Waals surface area contributed by atoms with E-state index in [0.29, 0.717) is 6.04 Å². The van der Waals surface area contributed by atoms with E-state index >= 15 is 0 Å². The summed E-state index contributed by atoms with van der Waals surface area (Å²) in [5.74, 6) is 0.832. The molecule has 0 spiro atoms. The van der Waals surface area contributed by atoms with Gasteiger partial charge in [0.1, 0.15) is 0 Å². The van der Waals surface area contributed by atoms with E-state index in [-0.39, 0.29) is 0 Å². The zero-order valence-electron chi connectivity index (χ0n) is 11.2. The molecule has 0 aliphatic rings. The summed E-state index contributed by atoms with van der Waals surface area (Å²) in [5, 5.41) is 3.62. The maximum Gasteiger partial charge on any atom is 0.0322 e. The summed E-state index contributed by atoms with van der Waals surface area (Å²) >= 11 is 2.36. The quantitative estimate of drug-likeness (QED) is 0.702. The molecule has 1 aromatic carbocycles. The summed E-state index contributed by atoms with van der Waals surface area (Å²) in [6.45, 7) is 7.82. The van der Waals surface area contributed by atoms with Gasteiger partial charge in [0.2, 0.25) is 0 Å². The van der Waals surface area contributed by atoms with E-state index in [9.17, 15) is 0 Å². The van der Waals surface area contributed by atoms with Crippen molar-refractivity contribution in [3.63, 3.8) is 0 Å². The van der Waals surface area contributed by atoms with Crippen molar-refractivity contribution < 1.29 is 0 Å². The fraction of sp³-hybridized carbons (Fsp3) is 0.600. The smallest absolute Gasteiger partial charge is 0.0322 e. The van der Waals surface area contributed by atoms with Crippen LogP contribution in [0, 0.1) is 9.49 Å². The summed E-state index contributed by atoms with van der Waals surface area (Å²) in [6.07, 6.45) is 3.81. The molecule has 2 heteroatoms. The van der Waals surface area contributed by atoms with Gasteiger partial charge in [-0.25, -0.2) is 0 Å². The topological polar surface area (TPSA) is 12.0 Å². The van der Waals surface area contributed by atoms with E-state index < -0.39 is 0 Å². The van der Waals surface area contributed by atoms with Crippen molar-refractivity contribution in [1.29, 1.82) is 0 Å². The molecule has 0 amide bonds. The van der Waals surface area contributed by atoms with Crippen molar-refractivity contribution in [3.8, 4) is 0 Å². The van der Waals surface area contributed by atoms with E-state index in [2.05, 4.69) is 72.9 Å². The van der Waals surface area contributed by atoms with Crippen LogP contribution < -0.4 is 5.32 Å². The molecule has 0 aliphatic heterocycles. The van der Waals surface area contributed by atoms with E-state index in [1.54, 1.807) is 0 Å². The lowest BCUT2D eigenvalue weighted by Crippen LogP contribution is -2.23. The van der Waals surface area contributed by atoms with Crippen LogP contribution in [0.25, 0.3) is 0 Å². The third kappa shape index (κ3) is 4.96. The van der Waals surface area contributed by atoms with Gasteiger partial charge in [0.25, 0.3) is 0 Å². The first-order valence-electron chi connectivity index (χ1n) is 6.70. The van der Waals surface area contributed by atoms with Crippen molar-refractivity contribution >= 4 is 22.6 Å². The Morgan fingerprint density at radius 1 is 1.06 bits per heavy atom. The third-order valence-corrected chi connectivity index (χ3v) is 4.17. The zero-order valence-corrected chi connectivity index (χ0v) is 13.3. The second-order valence-corrected chi connectivity index (χ2v) is 5.83. The van der Waals surface area contributed by atoms with Crippen LogP contribution in [0.2, 0.25) is 0 Å². The maximum absolute atomic E-state index is 3.62. The number of halogens is 1. The van der Waals surface area contributed by atoms with Crippen molar-refractivity contribution in [2.75, 3.05) is 6.54 Å². The summed E-state index contributed by atoms with van der Waals surface area (Å²) in [7, 11) is 0. The molecule has 0 bridgehead atoms. The second kappa shape index (κ2) is 8.09. The molecular weight excluding hydrogens is 321 g/mol. The molecule has 0 saturated carbocycles. The largest absolute Gasteiger partial charge is 0.310 e. The van der Waals surface area contributed by atoms with Crippen LogP contribution >= 0.6 is 22.6 Å². The normalized spacial score (nSPS) is 13.0. The Bertz CT molecular complexity index is 303. The van der Waals surface area contributed by atoms with Crippen LogP contribution in [-0.2, 0) is 0 Å². The van der Waals surface area contributed by atoms with Crippen molar-refractivity contribution in [1.82, 2.24) is 5.32 Å². The summed E-state index contributed by atoms with van der Waals surface area (Å²) < 4.78 is 1.31. The minimum atomic E-state index is 0.516. The van der Waals surface area contributed by atoms with Crippen LogP contribution in [0.1, 0.15) is 51.6 Å². The van der Waals surface area contributed by atoms with Crippen LogP contribution in [0.4, 0.5) is 0 Å². The highest BCUT2D eigenvalue weighted by atomic mass is 127. The van der Waals surface area contributed by atoms with E-state index in [4.69, 9.17) is 0 Å². The molecule has 0 radical (unpaired) electrons. The molecule has 0 fully saturated rings. The highest BCUT2D eigenvalue weighted by Crippen LogP contribution is 2.25. The van der Waals surface area contributed by atoms with Gasteiger partial charge >= 0.3 is 0 Å². The van der Waals surface area contributed by atoms with Gasteiger partial charge in [0, 0.05) is 9.61 Å². The van der Waals surface area contributed by atoms with E-state index in [1.165, 1.54) is 28.4 Å². The predicted octanol–water partition coefficient (Wildman–Crippen LogP) is 4.77. The summed E-state index contributed by atoms with van der Waals surface area (Å²) in [4.78, 5) is 0. The highest BCUT2D eigenvalue weighted by molar-refractivity contribution is 14.1. The van der Waals surface area contributed by atoms with Gasteiger partial charge in [0.05, 0.1) is 0 Å². The van der Waals surface area contributed by atoms with Crippen LogP contribution in [0.5, 0.6) is 0 Å². The van der Waals surface area contributed by atoms with Gasteiger partial charge in [-0.15, -0.1) is 0 Å². The van der Waals surface area contributed by atoms with E-state index in [0.717, 1.165) is 12.5 Å². The summed E-state index contributed by atoms with van der Waals surface area (Å²) in [6, 6.07) is 9.44. The lowest BCUT2D eigenvalue weighted by molar-refractivity contribution is 0.375. The van der Waals surface area contributed by atoms with Crippen LogP contribution in [0.15, 0.2) is 24.3 Å². The molecule has 1 rings (SSSR count). The average molecular weight is 345 g/mol. The van der Waals surface area contributed by atoms with Crippen molar-refractivity contribution in [2.45, 2.75) is 46.1 Å². The molecule has 1 N–H and O–H groups in total. The highest BCUT2D eigenvalue weighted by Gasteiger charge is 2.14. The minimum Gasteiger partial charge on any atom is -0.310 e. The molecule has 0 aliphatic carbocycles.